The summed E-state index contributed by atoms with van der Waals surface area (Å²) in [6, 6.07) is 21.9. The van der Waals surface area contributed by atoms with Crippen LogP contribution in [0.15, 0.2) is 85.2 Å². The minimum absolute atomic E-state index is 0.197. The standard InChI is InChI=1S/C30H28N8O3/c31-28-25-26(19-11-13-20(14-12-19)29(39)35-24-10-4-5-15-32-24)36-38(22-9-6-16-37(18-22)30(40)41)27(25)23(17-33-28)34-21-7-2-1-3-8-21/h1-5,7-8,10-15,17,22,34H,6,9,16,18H2,(H2,31,33)(H,40,41)(H,32,35,39). The minimum atomic E-state index is -0.949. The molecule has 1 saturated heterocycles. The monoisotopic (exact) mass is 548 g/mol. The largest absolute Gasteiger partial charge is 0.465 e. The quantitative estimate of drug-likeness (QED) is 0.221. The third-order valence-electron chi connectivity index (χ3n) is 7.15. The zero-order valence-electron chi connectivity index (χ0n) is 22.1. The molecule has 5 N–H and O–H groups in total. The molecule has 1 unspecified atom stereocenters. The number of nitrogen functional groups attached to an aromatic ring is 1. The van der Waals surface area contributed by atoms with Crippen LogP contribution >= 0.6 is 0 Å². The molecule has 11 heteroatoms. The smallest absolute Gasteiger partial charge is 0.407 e. The van der Waals surface area contributed by atoms with Crippen LogP contribution in [0.4, 0.5) is 27.8 Å². The van der Waals surface area contributed by atoms with Gasteiger partial charge in [0.25, 0.3) is 5.91 Å². The van der Waals surface area contributed by atoms with Gasteiger partial charge in [-0.1, -0.05) is 36.4 Å². The lowest BCUT2D eigenvalue weighted by atomic mass is 10.0. The van der Waals surface area contributed by atoms with Gasteiger partial charge < -0.3 is 26.4 Å². The van der Waals surface area contributed by atoms with Crippen molar-refractivity contribution in [1.29, 1.82) is 0 Å². The second kappa shape index (κ2) is 11.0. The molecular weight excluding hydrogens is 520 g/mol. The summed E-state index contributed by atoms with van der Waals surface area (Å²) in [6.07, 6.45) is 3.82. The molecule has 6 rings (SSSR count). The Labute approximate surface area is 235 Å². The maximum Gasteiger partial charge on any atom is 0.407 e. The second-order valence-electron chi connectivity index (χ2n) is 9.84. The first-order chi connectivity index (χ1) is 20.0. The van der Waals surface area contributed by atoms with Crippen LogP contribution in [0, 0.1) is 0 Å². The van der Waals surface area contributed by atoms with Crippen molar-refractivity contribution in [3.8, 4) is 11.3 Å². The van der Waals surface area contributed by atoms with Crippen LogP contribution in [-0.2, 0) is 0 Å². The molecule has 41 heavy (non-hydrogen) atoms. The van der Waals surface area contributed by atoms with E-state index in [4.69, 9.17) is 10.8 Å². The number of hydrogen-bond donors (Lipinski definition) is 4. The number of fused-ring (bicyclic) bond motifs is 1. The number of para-hydroxylation sites is 1. The minimum Gasteiger partial charge on any atom is -0.465 e. The summed E-state index contributed by atoms with van der Waals surface area (Å²) in [7, 11) is 0. The van der Waals surface area contributed by atoms with Crippen LogP contribution in [0.3, 0.4) is 0 Å². The van der Waals surface area contributed by atoms with E-state index in [9.17, 15) is 14.7 Å². The number of likely N-dealkylation sites (tertiary alicyclic amines) is 1. The first-order valence-corrected chi connectivity index (χ1v) is 13.3. The molecule has 0 aliphatic carbocycles. The Balaban J connectivity index is 1.42. The van der Waals surface area contributed by atoms with Gasteiger partial charge in [-0.05, 0) is 49.2 Å². The van der Waals surface area contributed by atoms with Gasteiger partial charge in [-0.15, -0.1) is 0 Å². The average Bonchev–Trinajstić information content (AvgIpc) is 3.42. The summed E-state index contributed by atoms with van der Waals surface area (Å²) in [6.45, 7) is 0.796. The van der Waals surface area contributed by atoms with E-state index in [-0.39, 0.29) is 11.9 Å². The number of aromatic nitrogens is 4. The molecule has 1 atom stereocenters. The fourth-order valence-corrected chi connectivity index (χ4v) is 5.16. The molecule has 2 amide bonds. The summed E-state index contributed by atoms with van der Waals surface area (Å²) >= 11 is 0. The Bertz CT molecular complexity index is 1710. The molecule has 0 saturated carbocycles. The van der Waals surface area contributed by atoms with Gasteiger partial charge >= 0.3 is 6.09 Å². The van der Waals surface area contributed by atoms with Crippen LogP contribution in [0.5, 0.6) is 0 Å². The molecule has 3 aromatic heterocycles. The van der Waals surface area contributed by atoms with E-state index < -0.39 is 6.09 Å². The summed E-state index contributed by atoms with van der Waals surface area (Å²) < 4.78 is 1.88. The number of anilines is 4. The van der Waals surface area contributed by atoms with E-state index in [2.05, 4.69) is 20.6 Å². The number of pyridine rings is 2. The van der Waals surface area contributed by atoms with Crippen molar-refractivity contribution in [3.63, 3.8) is 0 Å². The number of benzene rings is 2. The fourth-order valence-electron chi connectivity index (χ4n) is 5.16. The highest BCUT2D eigenvalue weighted by Crippen LogP contribution is 2.39. The Morgan fingerprint density at radius 3 is 2.49 bits per heavy atom. The number of carboxylic acid groups (broad SMARTS) is 1. The van der Waals surface area contributed by atoms with Crippen molar-refractivity contribution < 1.29 is 14.7 Å². The fraction of sp³-hybridized carbons (Fsp3) is 0.167. The summed E-state index contributed by atoms with van der Waals surface area (Å²) in [5, 5.41) is 21.6. The Morgan fingerprint density at radius 2 is 1.76 bits per heavy atom. The highest BCUT2D eigenvalue weighted by molar-refractivity contribution is 6.07. The van der Waals surface area contributed by atoms with Gasteiger partial charge in [0.1, 0.15) is 17.3 Å². The normalized spacial score (nSPS) is 15.0. The Kier molecular flexibility index (Phi) is 6.90. The van der Waals surface area contributed by atoms with E-state index in [0.717, 1.165) is 29.6 Å². The van der Waals surface area contributed by atoms with E-state index in [1.807, 2.05) is 47.1 Å². The Morgan fingerprint density at radius 1 is 0.976 bits per heavy atom. The SMILES string of the molecule is Nc1ncc(Nc2ccccc2)c2c1c(-c1ccc(C(=O)Nc3ccccn3)cc1)nn2C1CCCN(C(=O)O)C1. The van der Waals surface area contributed by atoms with Crippen molar-refractivity contribution >= 4 is 45.9 Å². The van der Waals surface area contributed by atoms with E-state index in [0.29, 0.717) is 47.1 Å². The topological polar surface area (TPSA) is 151 Å². The molecule has 1 aliphatic heterocycles. The molecule has 1 aliphatic rings. The van der Waals surface area contributed by atoms with Gasteiger partial charge in [-0.2, -0.15) is 5.10 Å². The zero-order valence-corrected chi connectivity index (χ0v) is 22.1. The van der Waals surface area contributed by atoms with Crippen molar-refractivity contribution in [1.82, 2.24) is 24.6 Å². The lowest BCUT2D eigenvalue weighted by molar-refractivity contribution is 0.102. The van der Waals surface area contributed by atoms with E-state index in [1.54, 1.807) is 42.7 Å². The van der Waals surface area contributed by atoms with Crippen LogP contribution in [0.2, 0.25) is 0 Å². The van der Waals surface area contributed by atoms with Crippen molar-refractivity contribution in [2.45, 2.75) is 18.9 Å². The number of nitrogens with zero attached hydrogens (tertiary/aromatic N) is 5. The number of nitrogens with one attached hydrogen (secondary N) is 2. The molecule has 4 heterocycles. The number of hydrogen-bond acceptors (Lipinski definition) is 7. The molecule has 206 valence electrons. The average molecular weight is 549 g/mol. The van der Waals surface area contributed by atoms with E-state index >= 15 is 0 Å². The van der Waals surface area contributed by atoms with Crippen molar-refractivity contribution in [2.24, 2.45) is 0 Å². The zero-order chi connectivity index (χ0) is 28.3. The van der Waals surface area contributed by atoms with Gasteiger partial charge in [0.05, 0.1) is 28.8 Å². The van der Waals surface area contributed by atoms with Gasteiger partial charge in [0.15, 0.2) is 0 Å². The number of carbonyl (C=O) groups excluding carboxylic acids is 1. The van der Waals surface area contributed by atoms with Crippen LogP contribution in [-0.4, -0.2) is 54.8 Å². The first-order valence-electron chi connectivity index (χ1n) is 13.3. The summed E-state index contributed by atoms with van der Waals surface area (Å²) in [5.74, 6) is 0.492. The van der Waals surface area contributed by atoms with Crippen molar-refractivity contribution in [2.75, 3.05) is 29.5 Å². The molecule has 0 bridgehead atoms. The molecule has 11 nitrogen and oxygen atoms in total. The van der Waals surface area contributed by atoms with Crippen LogP contribution in [0.1, 0.15) is 29.2 Å². The number of nitrogens with two attached hydrogens (primary N) is 1. The van der Waals surface area contributed by atoms with Gasteiger partial charge in [0, 0.05) is 36.1 Å². The maximum absolute atomic E-state index is 12.8. The second-order valence-corrected chi connectivity index (χ2v) is 9.84. The first kappa shape index (κ1) is 25.8. The number of amides is 2. The number of piperidine rings is 1. The third-order valence-corrected chi connectivity index (χ3v) is 7.15. The molecule has 2 aromatic carbocycles. The van der Waals surface area contributed by atoms with Crippen LogP contribution in [0.25, 0.3) is 22.2 Å². The summed E-state index contributed by atoms with van der Waals surface area (Å²) in [4.78, 5) is 34.6. The van der Waals surface area contributed by atoms with Crippen LogP contribution < -0.4 is 16.4 Å². The number of rotatable bonds is 6. The van der Waals surface area contributed by atoms with Gasteiger partial charge in [-0.25, -0.2) is 14.8 Å². The highest BCUT2D eigenvalue weighted by Gasteiger charge is 2.29. The molecule has 1 fully saturated rings. The van der Waals surface area contributed by atoms with Gasteiger partial charge in [-0.3, -0.25) is 9.48 Å². The predicted molar refractivity (Wildman–Crippen MR) is 157 cm³/mol. The number of carbonyl (C=O) groups is 2. The molecule has 0 spiro atoms. The summed E-state index contributed by atoms with van der Waals surface area (Å²) in [5.41, 5.74) is 10.6. The maximum atomic E-state index is 12.8. The van der Waals surface area contributed by atoms with E-state index in [1.165, 1.54) is 4.90 Å². The van der Waals surface area contributed by atoms with Gasteiger partial charge in [0.2, 0.25) is 0 Å². The lowest BCUT2D eigenvalue weighted by Gasteiger charge is -2.31. The lowest BCUT2D eigenvalue weighted by Crippen LogP contribution is -2.40. The third kappa shape index (κ3) is 5.24. The van der Waals surface area contributed by atoms with Crippen molar-refractivity contribution in [3.05, 3.63) is 90.8 Å². The predicted octanol–water partition coefficient (Wildman–Crippen LogP) is 5.39. The molecule has 0 radical (unpaired) electrons. The Hall–Kier alpha value is -5.45. The highest BCUT2D eigenvalue weighted by atomic mass is 16.4. The molecule has 5 aromatic rings. The molecular formula is C30H28N8O3.